The normalized spacial score (nSPS) is 10.8. The molecule has 0 aromatic heterocycles. The Morgan fingerprint density at radius 3 is 2.52 bits per heavy atom. The van der Waals surface area contributed by atoms with Crippen molar-refractivity contribution < 1.29 is 19.0 Å². The van der Waals surface area contributed by atoms with Gasteiger partial charge in [-0.3, -0.25) is 0 Å². The summed E-state index contributed by atoms with van der Waals surface area (Å²) < 4.78 is 19.9. The highest BCUT2D eigenvalue weighted by Gasteiger charge is 2.25. The van der Waals surface area contributed by atoms with Crippen LogP contribution in [0, 0.1) is 5.82 Å². The molecule has 0 aliphatic heterocycles. The van der Waals surface area contributed by atoms with Crippen molar-refractivity contribution in [3.8, 4) is 16.9 Å². The summed E-state index contributed by atoms with van der Waals surface area (Å²) in [5, 5.41) is 12.3. The van der Waals surface area contributed by atoms with Gasteiger partial charge in [-0.05, 0) is 40.5 Å². The molecule has 128 valence electrons. The number of benzene rings is 3. The topological polar surface area (TPSA) is 46.5 Å². The monoisotopic (exact) mass is 338 g/mol. The van der Waals surface area contributed by atoms with E-state index in [0.717, 1.165) is 17.2 Å². The zero-order chi connectivity index (χ0) is 18.0. The zero-order valence-electron chi connectivity index (χ0n) is 14.2. The second-order valence-electron chi connectivity index (χ2n) is 5.92. The smallest absolute Gasteiger partial charge is 0.342 e. The van der Waals surface area contributed by atoms with Crippen molar-refractivity contribution in [2.24, 2.45) is 0 Å². The summed E-state index contributed by atoms with van der Waals surface area (Å²) in [5.74, 6) is -1.52. The number of esters is 1. The fourth-order valence-corrected chi connectivity index (χ4v) is 3.07. The molecule has 0 amide bonds. The fraction of sp³-hybridized carbons (Fsp3) is 0.190. The van der Waals surface area contributed by atoms with Crippen molar-refractivity contribution in [2.75, 3.05) is 7.11 Å². The van der Waals surface area contributed by atoms with E-state index >= 15 is 4.39 Å². The molecule has 0 aliphatic carbocycles. The molecule has 0 aliphatic rings. The van der Waals surface area contributed by atoms with Crippen molar-refractivity contribution in [1.82, 2.24) is 0 Å². The molecule has 0 heterocycles. The summed E-state index contributed by atoms with van der Waals surface area (Å²) in [6, 6.07) is 14.5. The first-order valence-corrected chi connectivity index (χ1v) is 8.18. The number of hydrogen-bond acceptors (Lipinski definition) is 3. The van der Waals surface area contributed by atoms with Crippen LogP contribution in [0.2, 0.25) is 0 Å². The van der Waals surface area contributed by atoms with Crippen molar-refractivity contribution in [2.45, 2.75) is 19.8 Å². The third kappa shape index (κ3) is 3.07. The molecule has 3 aromatic carbocycles. The summed E-state index contributed by atoms with van der Waals surface area (Å²) in [6.07, 6.45) is 1.20. The first kappa shape index (κ1) is 17.0. The Balaban J connectivity index is 2.32. The molecule has 0 saturated carbocycles. The van der Waals surface area contributed by atoms with Crippen LogP contribution in [0.3, 0.4) is 0 Å². The summed E-state index contributed by atoms with van der Waals surface area (Å²) in [7, 11) is 1.21. The number of hydrogen-bond donors (Lipinski definition) is 1. The Morgan fingerprint density at radius 2 is 1.84 bits per heavy atom. The average Bonchev–Trinajstić information content (AvgIpc) is 2.63. The van der Waals surface area contributed by atoms with Crippen LogP contribution >= 0.6 is 0 Å². The maximum absolute atomic E-state index is 15.2. The maximum atomic E-state index is 15.2. The minimum atomic E-state index is -0.761. The number of carbonyl (C=O) groups excluding carboxylic acids is 1. The number of fused-ring (bicyclic) bond motifs is 1. The summed E-state index contributed by atoms with van der Waals surface area (Å²) in [6.45, 7) is 1.93. The third-order valence-corrected chi connectivity index (χ3v) is 4.27. The van der Waals surface area contributed by atoms with Gasteiger partial charge >= 0.3 is 5.97 Å². The molecule has 0 radical (unpaired) electrons. The maximum Gasteiger partial charge on any atom is 0.342 e. The van der Waals surface area contributed by atoms with E-state index in [2.05, 4.69) is 0 Å². The van der Waals surface area contributed by atoms with E-state index in [1.807, 2.05) is 43.3 Å². The van der Waals surface area contributed by atoms with Gasteiger partial charge in [-0.15, -0.1) is 0 Å². The van der Waals surface area contributed by atoms with Crippen LogP contribution in [0.15, 0.2) is 48.5 Å². The SMILES string of the molecule is CCCc1cc(O)c(C(=O)OC)c(-c2ccc3ccccc3c2)c1F. The number of ether oxygens (including phenoxy) is 1. The number of rotatable bonds is 4. The molecule has 0 unspecified atom stereocenters. The molecule has 3 rings (SSSR count). The van der Waals surface area contributed by atoms with Gasteiger partial charge < -0.3 is 9.84 Å². The van der Waals surface area contributed by atoms with Crippen molar-refractivity contribution >= 4 is 16.7 Å². The third-order valence-electron chi connectivity index (χ3n) is 4.27. The highest BCUT2D eigenvalue weighted by molar-refractivity contribution is 6.01. The van der Waals surface area contributed by atoms with Gasteiger partial charge in [-0.2, -0.15) is 0 Å². The Morgan fingerprint density at radius 1 is 1.12 bits per heavy atom. The zero-order valence-corrected chi connectivity index (χ0v) is 14.2. The summed E-state index contributed by atoms with van der Waals surface area (Å²) in [4.78, 5) is 12.2. The Hall–Kier alpha value is -2.88. The van der Waals surface area contributed by atoms with E-state index in [-0.39, 0.29) is 16.9 Å². The Labute approximate surface area is 145 Å². The number of aromatic hydroxyl groups is 1. The highest BCUT2D eigenvalue weighted by Crippen LogP contribution is 2.37. The molecule has 4 heteroatoms. The van der Waals surface area contributed by atoms with Crippen LogP contribution in [-0.4, -0.2) is 18.2 Å². The molecule has 0 spiro atoms. The molecule has 1 N–H and O–H groups in total. The number of phenolic OH excluding ortho intramolecular Hbond substituents is 1. The second kappa shape index (κ2) is 6.93. The van der Waals surface area contributed by atoms with Gasteiger partial charge in [-0.25, -0.2) is 9.18 Å². The van der Waals surface area contributed by atoms with E-state index < -0.39 is 11.8 Å². The van der Waals surface area contributed by atoms with Gasteiger partial charge in [0.25, 0.3) is 0 Å². The first-order valence-electron chi connectivity index (χ1n) is 8.18. The molecule has 3 nitrogen and oxygen atoms in total. The van der Waals surface area contributed by atoms with Gasteiger partial charge in [0.15, 0.2) is 0 Å². The number of carbonyl (C=O) groups is 1. The molecule has 0 saturated heterocycles. The number of aryl methyl sites for hydroxylation is 1. The predicted molar refractivity (Wildman–Crippen MR) is 96.3 cm³/mol. The van der Waals surface area contributed by atoms with Gasteiger partial charge in [0.05, 0.1) is 7.11 Å². The van der Waals surface area contributed by atoms with Gasteiger partial charge in [0.1, 0.15) is 17.1 Å². The Kier molecular flexibility index (Phi) is 4.70. The lowest BCUT2D eigenvalue weighted by Crippen LogP contribution is -2.08. The molecule has 0 bridgehead atoms. The summed E-state index contributed by atoms with van der Waals surface area (Å²) >= 11 is 0. The minimum Gasteiger partial charge on any atom is -0.507 e. The molecule has 25 heavy (non-hydrogen) atoms. The van der Waals surface area contributed by atoms with Crippen LogP contribution in [0.4, 0.5) is 4.39 Å². The highest BCUT2D eigenvalue weighted by atomic mass is 19.1. The average molecular weight is 338 g/mol. The number of halogens is 1. The quantitative estimate of drug-likeness (QED) is 0.674. The second-order valence-corrected chi connectivity index (χ2v) is 5.92. The van der Waals surface area contributed by atoms with E-state index in [0.29, 0.717) is 17.5 Å². The van der Waals surface area contributed by atoms with Gasteiger partial charge in [0, 0.05) is 5.56 Å². The molecule has 3 aromatic rings. The van der Waals surface area contributed by atoms with E-state index in [4.69, 9.17) is 4.74 Å². The van der Waals surface area contributed by atoms with Crippen LogP contribution in [0.1, 0.15) is 29.3 Å². The molecular weight excluding hydrogens is 319 g/mol. The number of methoxy groups -OCH3 is 1. The molecular formula is C21H19FO3. The van der Waals surface area contributed by atoms with Crippen LogP contribution in [0.5, 0.6) is 5.75 Å². The number of phenols is 1. The molecule has 0 atom stereocenters. The lowest BCUT2D eigenvalue weighted by molar-refractivity contribution is 0.0598. The largest absolute Gasteiger partial charge is 0.507 e. The van der Waals surface area contributed by atoms with Crippen molar-refractivity contribution in [3.63, 3.8) is 0 Å². The van der Waals surface area contributed by atoms with E-state index in [9.17, 15) is 9.90 Å². The minimum absolute atomic E-state index is 0.0843. The van der Waals surface area contributed by atoms with Gasteiger partial charge in [-0.1, -0.05) is 49.7 Å². The first-order chi connectivity index (χ1) is 12.1. The summed E-state index contributed by atoms with van der Waals surface area (Å²) in [5.41, 5.74) is 0.858. The lowest BCUT2D eigenvalue weighted by Gasteiger charge is -2.15. The fourth-order valence-electron chi connectivity index (χ4n) is 3.07. The standard InChI is InChI=1S/C21H19FO3/c1-3-6-16-12-17(23)19(21(24)25-2)18(20(16)22)15-10-9-13-7-4-5-8-14(13)11-15/h4-5,7-12,23H,3,6H2,1-2H3. The van der Waals surface area contributed by atoms with Crippen molar-refractivity contribution in [1.29, 1.82) is 0 Å². The van der Waals surface area contributed by atoms with Crippen LogP contribution in [0.25, 0.3) is 21.9 Å². The molecule has 0 fully saturated rings. The van der Waals surface area contributed by atoms with Crippen LogP contribution < -0.4 is 0 Å². The predicted octanol–water partition coefficient (Wildman–Crippen LogP) is 5.09. The van der Waals surface area contributed by atoms with E-state index in [1.54, 1.807) is 6.07 Å². The Bertz CT molecular complexity index is 947. The van der Waals surface area contributed by atoms with E-state index in [1.165, 1.54) is 13.2 Å². The lowest BCUT2D eigenvalue weighted by atomic mass is 9.92. The van der Waals surface area contributed by atoms with Crippen molar-refractivity contribution in [3.05, 3.63) is 65.5 Å². The van der Waals surface area contributed by atoms with Gasteiger partial charge in [0.2, 0.25) is 0 Å². The van der Waals surface area contributed by atoms with Crippen LogP contribution in [-0.2, 0) is 11.2 Å².